The molecule has 2 aromatic rings. The summed E-state index contributed by atoms with van der Waals surface area (Å²) >= 11 is 3.42. The van der Waals surface area contributed by atoms with Crippen molar-refractivity contribution in [3.05, 3.63) is 35.2 Å². The molecule has 0 unspecified atom stereocenters. The van der Waals surface area contributed by atoms with Gasteiger partial charge in [0.15, 0.2) is 0 Å². The molecule has 20 heavy (non-hydrogen) atoms. The first-order chi connectivity index (χ1) is 9.72. The van der Waals surface area contributed by atoms with Crippen molar-refractivity contribution in [1.29, 1.82) is 0 Å². The topological polar surface area (TPSA) is 38.3 Å². The molecule has 0 spiro atoms. The Hall–Kier alpha value is -1.04. The molecule has 0 saturated carbocycles. The number of fused-ring (bicyclic) bond motifs is 1. The van der Waals surface area contributed by atoms with Gasteiger partial charge in [0.1, 0.15) is 0 Å². The maximum Gasteiger partial charge on any atom is 0.261 e. The molecule has 1 saturated heterocycles. The number of ether oxygens (including phenoxy) is 1. The van der Waals surface area contributed by atoms with Gasteiger partial charge in [-0.1, -0.05) is 18.2 Å². The van der Waals surface area contributed by atoms with Gasteiger partial charge in [-0.3, -0.25) is 4.79 Å². The molecule has 0 radical (unpaired) electrons. The number of hydrogen-bond acceptors (Lipinski definition) is 4. The molecule has 1 aromatic carbocycles. The lowest BCUT2D eigenvalue weighted by Gasteiger charge is -2.26. The van der Waals surface area contributed by atoms with Gasteiger partial charge >= 0.3 is 0 Å². The Bertz CT molecular complexity index is 584. The quantitative estimate of drug-likeness (QED) is 0.943. The van der Waals surface area contributed by atoms with Gasteiger partial charge in [-0.2, -0.15) is 11.8 Å². The van der Waals surface area contributed by atoms with E-state index in [0.29, 0.717) is 6.54 Å². The highest BCUT2D eigenvalue weighted by atomic mass is 32.2. The fourth-order valence-electron chi connectivity index (χ4n) is 2.38. The Labute approximate surface area is 126 Å². The number of nitrogens with one attached hydrogen (secondary N) is 1. The summed E-state index contributed by atoms with van der Waals surface area (Å²) in [4.78, 5) is 13.0. The molecule has 1 aliphatic rings. The highest BCUT2D eigenvalue weighted by Crippen LogP contribution is 2.30. The van der Waals surface area contributed by atoms with Crippen molar-refractivity contribution < 1.29 is 9.53 Å². The average molecular weight is 307 g/mol. The van der Waals surface area contributed by atoms with Gasteiger partial charge in [0, 0.05) is 24.1 Å². The van der Waals surface area contributed by atoms with Gasteiger partial charge in [0.2, 0.25) is 0 Å². The van der Waals surface area contributed by atoms with Crippen LogP contribution in [0.3, 0.4) is 0 Å². The summed E-state index contributed by atoms with van der Waals surface area (Å²) in [5.41, 5.74) is -0.184. The lowest BCUT2D eigenvalue weighted by molar-refractivity contribution is 0.0137. The van der Waals surface area contributed by atoms with Crippen molar-refractivity contribution >= 4 is 39.1 Å². The van der Waals surface area contributed by atoms with E-state index in [1.807, 2.05) is 42.1 Å². The van der Waals surface area contributed by atoms with E-state index in [9.17, 15) is 4.79 Å². The predicted molar refractivity (Wildman–Crippen MR) is 85.8 cm³/mol. The van der Waals surface area contributed by atoms with Crippen LogP contribution in [0, 0.1) is 0 Å². The molecular weight excluding hydrogens is 290 g/mol. The lowest BCUT2D eigenvalue weighted by atomic mass is 10.0. The Morgan fingerprint density at radius 2 is 2.30 bits per heavy atom. The normalized spacial score (nSPS) is 22.2. The van der Waals surface area contributed by atoms with Gasteiger partial charge in [0.05, 0.1) is 10.5 Å². The summed E-state index contributed by atoms with van der Waals surface area (Å²) in [7, 11) is 1.73. The lowest BCUT2D eigenvalue weighted by Crippen LogP contribution is -2.44. The van der Waals surface area contributed by atoms with Crippen LogP contribution in [0.15, 0.2) is 30.3 Å². The minimum Gasteiger partial charge on any atom is -0.376 e. The van der Waals surface area contributed by atoms with Crippen LogP contribution in [-0.2, 0) is 4.74 Å². The van der Waals surface area contributed by atoms with E-state index < -0.39 is 0 Å². The molecule has 3 rings (SSSR count). The van der Waals surface area contributed by atoms with E-state index in [1.54, 1.807) is 7.11 Å². The van der Waals surface area contributed by atoms with Crippen LogP contribution in [0.5, 0.6) is 0 Å². The van der Waals surface area contributed by atoms with Crippen LogP contribution in [0.4, 0.5) is 0 Å². The number of benzene rings is 1. The smallest absolute Gasteiger partial charge is 0.261 e. The third kappa shape index (κ3) is 2.71. The van der Waals surface area contributed by atoms with Gasteiger partial charge < -0.3 is 10.1 Å². The second-order valence-corrected chi connectivity index (χ2v) is 7.21. The van der Waals surface area contributed by atoms with Crippen LogP contribution >= 0.6 is 23.1 Å². The zero-order valence-electron chi connectivity index (χ0n) is 11.3. The third-order valence-electron chi connectivity index (χ3n) is 3.72. The minimum absolute atomic E-state index is 0.000440. The number of methoxy groups -OCH3 is 1. The van der Waals surface area contributed by atoms with E-state index in [1.165, 1.54) is 11.3 Å². The molecule has 2 heterocycles. The molecule has 1 N–H and O–H groups in total. The van der Waals surface area contributed by atoms with Crippen molar-refractivity contribution in [2.75, 3.05) is 25.2 Å². The SMILES string of the molecule is CO[C@]1(CNC(=O)c2cc3ccccc3s2)CCSC1. The molecule has 1 aromatic heterocycles. The van der Waals surface area contributed by atoms with Crippen LogP contribution in [-0.4, -0.2) is 36.7 Å². The number of carbonyl (C=O) groups is 1. The number of hydrogen-bond donors (Lipinski definition) is 1. The van der Waals surface area contributed by atoms with Crippen LogP contribution in [0.1, 0.15) is 16.1 Å². The third-order valence-corrected chi connectivity index (χ3v) is 6.06. The first-order valence-corrected chi connectivity index (χ1v) is 8.59. The summed E-state index contributed by atoms with van der Waals surface area (Å²) in [6.07, 6.45) is 1.00. The Morgan fingerprint density at radius 3 is 3.00 bits per heavy atom. The monoisotopic (exact) mass is 307 g/mol. The van der Waals surface area contributed by atoms with E-state index in [-0.39, 0.29) is 11.5 Å². The van der Waals surface area contributed by atoms with Crippen LogP contribution < -0.4 is 5.32 Å². The van der Waals surface area contributed by atoms with E-state index in [0.717, 1.165) is 32.9 Å². The molecule has 1 amide bonds. The molecule has 1 aliphatic heterocycles. The van der Waals surface area contributed by atoms with Crippen molar-refractivity contribution in [2.45, 2.75) is 12.0 Å². The molecule has 3 nitrogen and oxygen atoms in total. The average Bonchev–Trinajstić information content (AvgIpc) is 3.12. The molecule has 1 fully saturated rings. The maximum absolute atomic E-state index is 12.3. The number of thiophene rings is 1. The summed E-state index contributed by atoms with van der Waals surface area (Å²) in [6.45, 7) is 0.587. The first kappa shape index (κ1) is 13.9. The largest absolute Gasteiger partial charge is 0.376 e. The summed E-state index contributed by atoms with van der Waals surface area (Å²) in [5, 5.41) is 4.15. The standard InChI is InChI=1S/C15H17NO2S2/c1-18-15(6-7-19-10-15)9-16-14(17)13-8-11-4-2-3-5-12(11)20-13/h2-5,8H,6-7,9-10H2,1H3,(H,16,17)/t15-/m0/s1. The minimum atomic E-state index is -0.184. The Morgan fingerprint density at radius 1 is 1.45 bits per heavy atom. The first-order valence-electron chi connectivity index (χ1n) is 6.62. The van der Waals surface area contributed by atoms with Crippen molar-refractivity contribution in [2.24, 2.45) is 0 Å². The van der Waals surface area contributed by atoms with Crippen LogP contribution in [0.2, 0.25) is 0 Å². The van der Waals surface area contributed by atoms with Gasteiger partial charge in [-0.25, -0.2) is 0 Å². The van der Waals surface area contributed by atoms with E-state index in [2.05, 4.69) is 5.32 Å². The highest BCUT2D eigenvalue weighted by Gasteiger charge is 2.34. The molecule has 1 atom stereocenters. The number of amides is 1. The second kappa shape index (κ2) is 5.76. The summed E-state index contributed by atoms with van der Waals surface area (Å²) in [6, 6.07) is 10.0. The van der Waals surface area contributed by atoms with Crippen molar-refractivity contribution in [3.8, 4) is 0 Å². The summed E-state index contributed by atoms with van der Waals surface area (Å²) in [5.74, 6) is 2.06. The van der Waals surface area contributed by atoms with Crippen molar-refractivity contribution in [3.63, 3.8) is 0 Å². The molecular formula is C15H17NO2S2. The Balaban J connectivity index is 1.69. The van der Waals surface area contributed by atoms with Gasteiger partial charge in [-0.15, -0.1) is 11.3 Å². The zero-order chi connectivity index (χ0) is 14.0. The maximum atomic E-state index is 12.3. The molecule has 5 heteroatoms. The number of thioether (sulfide) groups is 1. The van der Waals surface area contributed by atoms with E-state index >= 15 is 0 Å². The molecule has 0 aliphatic carbocycles. The Kier molecular flexibility index (Phi) is 4.01. The van der Waals surface area contributed by atoms with Crippen molar-refractivity contribution in [1.82, 2.24) is 5.32 Å². The van der Waals surface area contributed by atoms with Crippen LogP contribution in [0.25, 0.3) is 10.1 Å². The fourth-order valence-corrected chi connectivity index (χ4v) is 4.76. The van der Waals surface area contributed by atoms with Gasteiger partial charge in [-0.05, 0) is 29.7 Å². The molecule has 106 valence electrons. The predicted octanol–water partition coefficient (Wildman–Crippen LogP) is 3.15. The van der Waals surface area contributed by atoms with Gasteiger partial charge in [0.25, 0.3) is 5.91 Å². The highest BCUT2D eigenvalue weighted by molar-refractivity contribution is 7.99. The second-order valence-electron chi connectivity index (χ2n) is 5.02. The number of carbonyl (C=O) groups excluding carboxylic acids is 1. The molecule has 0 bridgehead atoms. The number of rotatable bonds is 4. The summed E-state index contributed by atoms with van der Waals surface area (Å²) < 4.78 is 6.76. The van der Waals surface area contributed by atoms with E-state index in [4.69, 9.17) is 4.74 Å². The zero-order valence-corrected chi connectivity index (χ0v) is 13.0. The fraction of sp³-hybridized carbons (Fsp3) is 0.400.